The lowest BCUT2D eigenvalue weighted by atomic mass is 10.0. The van der Waals surface area contributed by atoms with Gasteiger partial charge in [0.25, 0.3) is 5.91 Å². The van der Waals surface area contributed by atoms with Gasteiger partial charge >= 0.3 is 6.09 Å². The van der Waals surface area contributed by atoms with Crippen LogP contribution in [0, 0.1) is 0 Å². The van der Waals surface area contributed by atoms with Crippen LogP contribution in [0.15, 0.2) is 10.6 Å². The van der Waals surface area contributed by atoms with Crippen molar-refractivity contribution in [1.82, 2.24) is 15.0 Å². The van der Waals surface area contributed by atoms with Crippen molar-refractivity contribution in [3.8, 4) is 0 Å². The van der Waals surface area contributed by atoms with E-state index in [0.29, 0.717) is 18.5 Å². The molecule has 26 heavy (non-hydrogen) atoms. The predicted octanol–water partition coefficient (Wildman–Crippen LogP) is 0.707. The van der Waals surface area contributed by atoms with Crippen LogP contribution < -0.4 is 0 Å². The highest BCUT2D eigenvalue weighted by Crippen LogP contribution is 2.29. The molecule has 2 atom stereocenters. The lowest BCUT2D eigenvalue weighted by molar-refractivity contribution is 0.0231. The van der Waals surface area contributed by atoms with E-state index in [1.165, 1.54) is 9.80 Å². The van der Waals surface area contributed by atoms with Crippen molar-refractivity contribution in [3.05, 3.63) is 17.5 Å². The normalized spacial score (nSPS) is 24.4. The fourth-order valence-electron chi connectivity index (χ4n) is 3.42. The molecule has 0 bridgehead atoms. The van der Waals surface area contributed by atoms with Gasteiger partial charge in [-0.3, -0.25) is 4.79 Å². The van der Waals surface area contributed by atoms with Crippen LogP contribution in [-0.2, 0) is 21.0 Å². The Morgan fingerprint density at radius 1 is 1.23 bits per heavy atom. The van der Waals surface area contributed by atoms with Gasteiger partial charge in [0.15, 0.2) is 9.84 Å². The van der Waals surface area contributed by atoms with Crippen LogP contribution in [0.1, 0.15) is 36.5 Å². The quantitative estimate of drug-likeness (QED) is 0.750. The van der Waals surface area contributed by atoms with E-state index >= 15 is 0 Å². The standard InChI is InChI=1S/C16H23N3O6S/c1-3-7-24-16(21)19-6-5-18(12-9-26(22,23)10-13(12)19)15(20)14-8-11(4-2)17-25-14/h8,12-13H,3-7,9-10H2,1-2H3/t12-,13+/m0/s1. The average Bonchev–Trinajstić information content (AvgIpc) is 3.21. The summed E-state index contributed by atoms with van der Waals surface area (Å²) in [5, 5.41) is 3.82. The number of carbonyl (C=O) groups excluding carboxylic acids is 2. The lowest BCUT2D eigenvalue weighted by Gasteiger charge is -2.42. The van der Waals surface area contributed by atoms with Crippen LogP contribution in [0.4, 0.5) is 4.79 Å². The number of hydrogen-bond donors (Lipinski definition) is 0. The van der Waals surface area contributed by atoms with Gasteiger partial charge in [-0.05, 0) is 12.8 Å². The Hall–Kier alpha value is -2.10. The number of aromatic nitrogens is 1. The Morgan fingerprint density at radius 2 is 1.88 bits per heavy atom. The summed E-state index contributed by atoms with van der Waals surface area (Å²) in [7, 11) is -3.35. The third kappa shape index (κ3) is 3.55. The minimum Gasteiger partial charge on any atom is -0.449 e. The maximum absolute atomic E-state index is 12.8. The van der Waals surface area contributed by atoms with E-state index in [-0.39, 0.29) is 37.0 Å². The molecule has 0 aliphatic carbocycles. The van der Waals surface area contributed by atoms with Crippen molar-refractivity contribution in [3.63, 3.8) is 0 Å². The lowest BCUT2D eigenvalue weighted by Crippen LogP contribution is -2.62. The summed E-state index contributed by atoms with van der Waals surface area (Å²) in [6.45, 7) is 4.50. The van der Waals surface area contributed by atoms with Crippen molar-refractivity contribution >= 4 is 21.8 Å². The number of aryl methyl sites for hydroxylation is 1. The van der Waals surface area contributed by atoms with E-state index < -0.39 is 33.9 Å². The number of rotatable bonds is 4. The van der Waals surface area contributed by atoms with Crippen LogP contribution in [0.25, 0.3) is 0 Å². The largest absolute Gasteiger partial charge is 0.449 e. The van der Waals surface area contributed by atoms with E-state index in [1.807, 2.05) is 13.8 Å². The van der Waals surface area contributed by atoms with E-state index in [2.05, 4.69) is 5.16 Å². The van der Waals surface area contributed by atoms with Crippen LogP contribution in [-0.4, -0.2) is 78.7 Å². The van der Waals surface area contributed by atoms with Gasteiger partial charge in [0, 0.05) is 19.2 Å². The summed E-state index contributed by atoms with van der Waals surface area (Å²) in [5.41, 5.74) is 0.658. The second-order valence-electron chi connectivity index (χ2n) is 6.55. The molecule has 2 saturated heterocycles. The molecule has 0 radical (unpaired) electrons. The number of hydrogen-bond acceptors (Lipinski definition) is 7. The zero-order valence-electron chi connectivity index (χ0n) is 14.9. The third-order valence-corrected chi connectivity index (χ3v) is 6.43. The van der Waals surface area contributed by atoms with Gasteiger partial charge in [-0.15, -0.1) is 0 Å². The summed E-state index contributed by atoms with van der Waals surface area (Å²) in [6.07, 6.45) is 0.787. The van der Waals surface area contributed by atoms with Crippen LogP contribution in [0.3, 0.4) is 0 Å². The molecule has 0 spiro atoms. The molecule has 1 aromatic rings. The monoisotopic (exact) mass is 385 g/mol. The zero-order valence-corrected chi connectivity index (χ0v) is 15.7. The Labute approximate surface area is 152 Å². The summed E-state index contributed by atoms with van der Waals surface area (Å²) in [4.78, 5) is 28.0. The van der Waals surface area contributed by atoms with Crippen molar-refractivity contribution < 1.29 is 27.3 Å². The molecule has 1 aromatic heterocycles. The van der Waals surface area contributed by atoms with E-state index in [0.717, 1.165) is 0 Å². The number of fused-ring (bicyclic) bond motifs is 1. The predicted molar refractivity (Wildman–Crippen MR) is 91.5 cm³/mol. The minimum atomic E-state index is -3.35. The number of piperazine rings is 1. The Bertz CT molecular complexity index is 790. The summed E-state index contributed by atoms with van der Waals surface area (Å²) in [5.74, 6) is -0.646. The first kappa shape index (κ1) is 18.7. The third-order valence-electron chi connectivity index (χ3n) is 4.73. The van der Waals surface area contributed by atoms with Gasteiger partial charge in [-0.1, -0.05) is 19.0 Å². The van der Waals surface area contributed by atoms with Crippen molar-refractivity contribution in [2.45, 2.75) is 38.8 Å². The van der Waals surface area contributed by atoms with Crippen molar-refractivity contribution in [2.24, 2.45) is 0 Å². The maximum Gasteiger partial charge on any atom is 0.410 e. The Balaban J connectivity index is 1.82. The van der Waals surface area contributed by atoms with Gasteiger partial charge in [-0.2, -0.15) is 0 Å². The van der Waals surface area contributed by atoms with Crippen LogP contribution >= 0.6 is 0 Å². The first-order valence-corrected chi connectivity index (χ1v) is 10.6. The van der Waals surface area contributed by atoms with Gasteiger partial charge in [-0.25, -0.2) is 13.2 Å². The topological polar surface area (TPSA) is 110 Å². The van der Waals surface area contributed by atoms with Crippen LogP contribution in [0.2, 0.25) is 0 Å². The Morgan fingerprint density at radius 3 is 2.50 bits per heavy atom. The molecule has 2 amide bonds. The molecule has 0 N–H and O–H groups in total. The first-order valence-electron chi connectivity index (χ1n) is 8.76. The van der Waals surface area contributed by atoms with Crippen molar-refractivity contribution in [2.75, 3.05) is 31.2 Å². The number of nitrogens with zero attached hydrogens (tertiary/aromatic N) is 3. The molecule has 9 nitrogen and oxygen atoms in total. The van der Waals surface area contributed by atoms with Crippen LogP contribution in [0.5, 0.6) is 0 Å². The molecule has 10 heteroatoms. The highest BCUT2D eigenvalue weighted by molar-refractivity contribution is 7.91. The fourth-order valence-corrected chi connectivity index (χ4v) is 5.41. The van der Waals surface area contributed by atoms with E-state index in [1.54, 1.807) is 6.07 Å². The zero-order chi connectivity index (χ0) is 18.9. The maximum atomic E-state index is 12.8. The smallest absolute Gasteiger partial charge is 0.410 e. The molecule has 0 aromatic carbocycles. The van der Waals surface area contributed by atoms with Gasteiger partial charge in [0.2, 0.25) is 5.76 Å². The van der Waals surface area contributed by atoms with Gasteiger partial charge in [0.05, 0.1) is 35.9 Å². The molecule has 3 rings (SSSR count). The first-order chi connectivity index (χ1) is 12.4. The average molecular weight is 385 g/mol. The van der Waals surface area contributed by atoms with E-state index in [9.17, 15) is 18.0 Å². The number of sulfone groups is 1. The molecule has 144 valence electrons. The van der Waals surface area contributed by atoms with Crippen molar-refractivity contribution in [1.29, 1.82) is 0 Å². The van der Waals surface area contributed by atoms with Gasteiger partial charge < -0.3 is 19.1 Å². The molecule has 3 heterocycles. The number of ether oxygens (including phenoxy) is 1. The Kier molecular flexibility index (Phi) is 5.22. The SMILES string of the molecule is CCCOC(=O)N1CCN(C(=O)c2cc(CC)no2)[C@H]2CS(=O)(=O)C[C@H]21. The molecular weight excluding hydrogens is 362 g/mol. The summed E-state index contributed by atoms with van der Waals surface area (Å²) in [6, 6.07) is 0.365. The fraction of sp³-hybridized carbons (Fsp3) is 0.688. The number of carbonyl (C=O) groups is 2. The van der Waals surface area contributed by atoms with E-state index in [4.69, 9.17) is 9.26 Å². The number of amides is 2. The molecule has 2 aliphatic rings. The molecule has 0 unspecified atom stereocenters. The van der Waals surface area contributed by atoms with Gasteiger partial charge in [0.1, 0.15) is 0 Å². The highest BCUT2D eigenvalue weighted by Gasteiger charge is 2.50. The molecule has 2 aliphatic heterocycles. The molecule has 2 fully saturated rings. The molecular formula is C16H23N3O6S. The summed E-state index contributed by atoms with van der Waals surface area (Å²) < 4.78 is 34.6. The molecule has 0 saturated carbocycles. The minimum absolute atomic E-state index is 0.0897. The second kappa shape index (κ2) is 7.26. The second-order valence-corrected chi connectivity index (χ2v) is 8.71. The summed E-state index contributed by atoms with van der Waals surface area (Å²) >= 11 is 0. The highest BCUT2D eigenvalue weighted by atomic mass is 32.2.